The van der Waals surface area contributed by atoms with Crippen LogP contribution in [0.15, 0.2) is 47.6 Å². The Morgan fingerprint density at radius 3 is 2.90 bits per heavy atom. The van der Waals surface area contributed by atoms with Crippen LogP contribution in [0.4, 0.5) is 0 Å². The Morgan fingerprint density at radius 2 is 2.00 bits per heavy atom. The summed E-state index contributed by atoms with van der Waals surface area (Å²) in [6, 6.07) is 8.00. The first-order chi connectivity index (χ1) is 9.90. The van der Waals surface area contributed by atoms with E-state index in [9.17, 15) is 0 Å². The maximum Gasteiger partial charge on any atom is 0.246 e. The summed E-state index contributed by atoms with van der Waals surface area (Å²) in [5.74, 6) is 1.09. The van der Waals surface area contributed by atoms with E-state index >= 15 is 0 Å². The molecule has 7 heteroatoms. The van der Waals surface area contributed by atoms with E-state index < -0.39 is 0 Å². The van der Waals surface area contributed by atoms with Crippen LogP contribution in [-0.4, -0.2) is 29.9 Å². The fourth-order valence-corrected chi connectivity index (χ4v) is 2.14. The molecular formula is C13H10N6O. The van der Waals surface area contributed by atoms with Gasteiger partial charge in [-0.1, -0.05) is 23.4 Å². The molecule has 0 spiro atoms. The fraction of sp³-hybridized carbons (Fsp3) is 0.0769. The maximum atomic E-state index is 5.26. The second-order valence-electron chi connectivity index (χ2n) is 4.39. The highest BCUT2D eigenvalue weighted by Gasteiger charge is 2.13. The van der Waals surface area contributed by atoms with Gasteiger partial charge < -0.3 is 14.1 Å². The fourth-order valence-electron chi connectivity index (χ4n) is 2.14. The number of rotatable bonds is 3. The molecule has 0 fully saturated rings. The van der Waals surface area contributed by atoms with Crippen LogP contribution in [0.25, 0.3) is 22.3 Å². The number of fused-ring (bicyclic) bond motifs is 1. The number of benzene rings is 1. The predicted molar refractivity (Wildman–Crippen MR) is 70.7 cm³/mol. The van der Waals surface area contributed by atoms with Gasteiger partial charge in [0.2, 0.25) is 11.7 Å². The maximum absolute atomic E-state index is 5.26. The normalized spacial score (nSPS) is 11.2. The Hall–Kier alpha value is -2.96. The van der Waals surface area contributed by atoms with Gasteiger partial charge in [0.25, 0.3) is 0 Å². The van der Waals surface area contributed by atoms with Crippen LogP contribution >= 0.6 is 0 Å². The molecule has 0 amide bonds. The van der Waals surface area contributed by atoms with E-state index in [1.54, 1.807) is 17.2 Å². The van der Waals surface area contributed by atoms with Crippen molar-refractivity contribution in [2.24, 2.45) is 0 Å². The molecular weight excluding hydrogens is 256 g/mol. The van der Waals surface area contributed by atoms with Crippen molar-refractivity contribution in [3.05, 3.63) is 49.0 Å². The van der Waals surface area contributed by atoms with Crippen molar-refractivity contribution in [1.82, 2.24) is 29.9 Å². The zero-order valence-corrected chi connectivity index (χ0v) is 10.4. The van der Waals surface area contributed by atoms with E-state index in [2.05, 4.69) is 25.3 Å². The Balaban J connectivity index is 1.71. The summed E-state index contributed by atoms with van der Waals surface area (Å²) in [6.07, 6.45) is 5.10. The molecule has 1 N–H and O–H groups in total. The van der Waals surface area contributed by atoms with Crippen LogP contribution in [-0.2, 0) is 6.54 Å². The van der Waals surface area contributed by atoms with Crippen molar-refractivity contribution in [2.75, 3.05) is 0 Å². The van der Waals surface area contributed by atoms with Gasteiger partial charge in [0, 0.05) is 22.7 Å². The molecule has 1 aromatic carbocycles. The smallest absolute Gasteiger partial charge is 0.246 e. The zero-order chi connectivity index (χ0) is 13.4. The lowest BCUT2D eigenvalue weighted by Crippen LogP contribution is -1.96. The first-order valence-corrected chi connectivity index (χ1v) is 6.11. The molecule has 98 valence electrons. The topological polar surface area (TPSA) is 85.4 Å². The van der Waals surface area contributed by atoms with Crippen LogP contribution in [0.3, 0.4) is 0 Å². The highest BCUT2D eigenvalue weighted by atomic mass is 16.5. The quantitative estimate of drug-likeness (QED) is 0.611. The molecule has 0 aliphatic carbocycles. The molecule has 3 aromatic heterocycles. The highest BCUT2D eigenvalue weighted by Crippen LogP contribution is 2.26. The standard InChI is InChI=1S/C13H10N6O/c1-2-4-11-9(3-1)10(5-14-11)13-17-12(20-18-13)6-19-7-15-16-8-19/h1-5,7-8,14H,6H2. The summed E-state index contributed by atoms with van der Waals surface area (Å²) in [5.41, 5.74) is 1.98. The molecule has 0 atom stereocenters. The second kappa shape index (κ2) is 4.30. The minimum absolute atomic E-state index is 0.461. The summed E-state index contributed by atoms with van der Waals surface area (Å²) in [4.78, 5) is 7.60. The molecule has 4 rings (SSSR count). The minimum Gasteiger partial charge on any atom is -0.360 e. The van der Waals surface area contributed by atoms with Crippen molar-refractivity contribution in [1.29, 1.82) is 0 Å². The van der Waals surface area contributed by atoms with Gasteiger partial charge in [-0.15, -0.1) is 10.2 Å². The van der Waals surface area contributed by atoms with Crippen LogP contribution in [0, 0.1) is 0 Å². The lowest BCUT2D eigenvalue weighted by molar-refractivity contribution is 0.371. The molecule has 0 bridgehead atoms. The number of aromatic amines is 1. The summed E-state index contributed by atoms with van der Waals surface area (Å²) in [7, 11) is 0. The van der Waals surface area contributed by atoms with E-state index in [1.807, 2.05) is 30.5 Å². The number of para-hydroxylation sites is 1. The molecule has 0 aliphatic rings. The lowest BCUT2D eigenvalue weighted by atomic mass is 10.2. The van der Waals surface area contributed by atoms with Crippen molar-refractivity contribution in [2.45, 2.75) is 6.54 Å². The van der Waals surface area contributed by atoms with E-state index in [1.165, 1.54) is 0 Å². The third-order valence-electron chi connectivity index (χ3n) is 3.08. The van der Waals surface area contributed by atoms with E-state index in [0.29, 0.717) is 18.3 Å². The van der Waals surface area contributed by atoms with Crippen molar-refractivity contribution >= 4 is 10.9 Å². The number of nitrogens with zero attached hydrogens (tertiary/aromatic N) is 5. The number of aromatic nitrogens is 6. The predicted octanol–water partition coefficient (Wildman–Crippen LogP) is 1.86. The third-order valence-corrected chi connectivity index (χ3v) is 3.08. The molecule has 20 heavy (non-hydrogen) atoms. The van der Waals surface area contributed by atoms with Gasteiger partial charge in [-0.3, -0.25) is 0 Å². The van der Waals surface area contributed by atoms with Gasteiger partial charge in [-0.2, -0.15) is 4.98 Å². The molecule has 0 saturated heterocycles. The number of H-pyrrole nitrogens is 1. The molecule has 0 unspecified atom stereocenters. The summed E-state index contributed by atoms with van der Waals surface area (Å²) >= 11 is 0. The monoisotopic (exact) mass is 266 g/mol. The first kappa shape index (κ1) is 10.9. The van der Waals surface area contributed by atoms with Gasteiger partial charge >= 0.3 is 0 Å². The number of hydrogen-bond donors (Lipinski definition) is 1. The molecule has 7 nitrogen and oxygen atoms in total. The van der Waals surface area contributed by atoms with Crippen molar-refractivity contribution in [3.8, 4) is 11.4 Å². The van der Waals surface area contributed by atoms with Crippen LogP contribution in [0.2, 0.25) is 0 Å². The SMILES string of the molecule is c1ccc2c(-c3noc(Cn4cnnc4)n3)c[nH]c2c1. The first-order valence-electron chi connectivity index (χ1n) is 6.11. The average molecular weight is 266 g/mol. The largest absolute Gasteiger partial charge is 0.360 e. The summed E-state index contributed by atoms with van der Waals surface area (Å²) in [5, 5.41) is 12.6. The lowest BCUT2D eigenvalue weighted by Gasteiger charge is -1.92. The Labute approximate surface area is 113 Å². The van der Waals surface area contributed by atoms with Gasteiger partial charge in [0.1, 0.15) is 19.2 Å². The highest BCUT2D eigenvalue weighted by molar-refractivity contribution is 5.93. The van der Waals surface area contributed by atoms with Gasteiger partial charge in [0.05, 0.1) is 0 Å². The Bertz CT molecular complexity index is 845. The molecule has 4 aromatic rings. The van der Waals surface area contributed by atoms with Crippen molar-refractivity contribution < 1.29 is 4.52 Å². The minimum atomic E-state index is 0.461. The Kier molecular flexibility index (Phi) is 2.35. The zero-order valence-electron chi connectivity index (χ0n) is 10.4. The van der Waals surface area contributed by atoms with Gasteiger partial charge in [-0.25, -0.2) is 0 Å². The Morgan fingerprint density at radius 1 is 1.15 bits per heavy atom. The molecule has 3 heterocycles. The molecule has 0 aliphatic heterocycles. The van der Waals surface area contributed by atoms with Crippen LogP contribution in [0.1, 0.15) is 5.89 Å². The number of hydrogen-bond acceptors (Lipinski definition) is 5. The summed E-state index contributed by atoms with van der Waals surface area (Å²) in [6.45, 7) is 0.461. The van der Waals surface area contributed by atoms with Gasteiger partial charge in [0.15, 0.2) is 0 Å². The third kappa shape index (κ3) is 1.76. The van der Waals surface area contributed by atoms with Crippen LogP contribution in [0.5, 0.6) is 0 Å². The van der Waals surface area contributed by atoms with Gasteiger partial charge in [-0.05, 0) is 6.07 Å². The molecule has 0 saturated carbocycles. The second-order valence-corrected chi connectivity index (χ2v) is 4.39. The van der Waals surface area contributed by atoms with Crippen LogP contribution < -0.4 is 0 Å². The average Bonchev–Trinajstić information content (AvgIpc) is 3.18. The van der Waals surface area contributed by atoms with Crippen molar-refractivity contribution in [3.63, 3.8) is 0 Å². The van der Waals surface area contributed by atoms with E-state index in [-0.39, 0.29) is 0 Å². The number of nitrogens with one attached hydrogen (secondary N) is 1. The van der Waals surface area contributed by atoms with E-state index in [4.69, 9.17) is 4.52 Å². The van der Waals surface area contributed by atoms with E-state index in [0.717, 1.165) is 16.5 Å². The molecule has 0 radical (unpaired) electrons. The summed E-state index contributed by atoms with van der Waals surface area (Å²) < 4.78 is 7.03.